The van der Waals surface area contributed by atoms with Crippen molar-refractivity contribution in [3.8, 4) is 5.75 Å². The number of carbonyl (C=O) groups excluding carboxylic acids is 1. The fourth-order valence-electron chi connectivity index (χ4n) is 2.17. The largest absolute Gasteiger partial charge is 0.493 e. The minimum Gasteiger partial charge on any atom is -0.493 e. The summed E-state index contributed by atoms with van der Waals surface area (Å²) in [5.74, 6) is -0.680. The minimum absolute atomic E-state index is 0.247. The van der Waals surface area contributed by atoms with Crippen LogP contribution >= 0.6 is 11.8 Å². The predicted octanol–water partition coefficient (Wildman–Crippen LogP) is 1.41. The van der Waals surface area contributed by atoms with E-state index in [-0.39, 0.29) is 12.3 Å². The molecule has 2 N–H and O–H groups in total. The van der Waals surface area contributed by atoms with Crippen molar-refractivity contribution in [2.24, 2.45) is 10.2 Å². The third-order valence-corrected chi connectivity index (χ3v) is 4.48. The van der Waals surface area contributed by atoms with Crippen LogP contribution in [0.1, 0.15) is 18.4 Å². The molecule has 2 rings (SSSR count). The molecule has 1 fully saturated rings. The Labute approximate surface area is 156 Å². The summed E-state index contributed by atoms with van der Waals surface area (Å²) in [5.41, 5.74) is 0.776. The quantitative estimate of drug-likeness (QED) is 0.383. The van der Waals surface area contributed by atoms with Crippen LogP contribution in [-0.2, 0) is 9.59 Å². The number of carboxylic acid groups (broad SMARTS) is 1. The van der Waals surface area contributed by atoms with E-state index in [0.29, 0.717) is 17.5 Å². The van der Waals surface area contributed by atoms with Crippen LogP contribution in [0, 0.1) is 0 Å². The number of amides is 1. The summed E-state index contributed by atoms with van der Waals surface area (Å²) < 4.78 is 5.78. The van der Waals surface area contributed by atoms with Crippen LogP contribution in [0.3, 0.4) is 0 Å². The van der Waals surface area contributed by atoms with E-state index < -0.39 is 11.2 Å². The van der Waals surface area contributed by atoms with Gasteiger partial charge in [0.05, 0.1) is 19.2 Å². The van der Waals surface area contributed by atoms with Crippen molar-refractivity contribution in [1.29, 1.82) is 0 Å². The average Bonchev–Trinajstić information content (AvgIpc) is 2.91. The molecule has 1 aromatic rings. The monoisotopic (exact) mass is 378 g/mol. The highest BCUT2D eigenvalue weighted by molar-refractivity contribution is 8.15. The molecule has 1 atom stereocenters. The molecule has 0 bridgehead atoms. The van der Waals surface area contributed by atoms with Crippen LogP contribution in [0.2, 0.25) is 0 Å². The van der Waals surface area contributed by atoms with Gasteiger partial charge in [0, 0.05) is 12.1 Å². The molecule has 26 heavy (non-hydrogen) atoms. The van der Waals surface area contributed by atoms with Crippen LogP contribution in [0.25, 0.3) is 0 Å². The van der Waals surface area contributed by atoms with E-state index in [1.807, 2.05) is 38.4 Å². The molecular formula is C17H22N4O4S. The summed E-state index contributed by atoms with van der Waals surface area (Å²) in [5, 5.41) is 18.8. The number of thioether (sulfide) groups is 1. The van der Waals surface area contributed by atoms with Crippen molar-refractivity contribution >= 4 is 35.0 Å². The fourth-order valence-corrected chi connectivity index (χ4v) is 3.09. The SMILES string of the molecule is CN(C)CCCOc1ccccc1C=NN=C1NC(=O)C(CC(=O)O)S1. The summed E-state index contributed by atoms with van der Waals surface area (Å²) in [6.45, 7) is 1.54. The number of amidine groups is 1. The first-order valence-electron chi connectivity index (χ1n) is 8.12. The van der Waals surface area contributed by atoms with Crippen molar-refractivity contribution in [3.63, 3.8) is 0 Å². The summed E-state index contributed by atoms with van der Waals surface area (Å²) in [4.78, 5) is 24.5. The molecule has 1 saturated heterocycles. The predicted molar refractivity (Wildman–Crippen MR) is 102 cm³/mol. The van der Waals surface area contributed by atoms with Crippen LogP contribution in [0.4, 0.5) is 0 Å². The first kappa shape index (κ1) is 19.9. The normalized spacial score (nSPS) is 18.7. The van der Waals surface area contributed by atoms with Crippen molar-refractivity contribution in [1.82, 2.24) is 10.2 Å². The summed E-state index contributed by atoms with van der Waals surface area (Å²) in [6.07, 6.45) is 2.21. The standard InChI is InChI=1S/C17H22N4O4S/c1-21(2)8-5-9-25-13-7-4-3-6-12(13)11-18-20-17-19-16(24)14(26-17)10-15(22)23/h3-4,6-7,11,14H,5,8-10H2,1-2H3,(H,22,23)(H,19,20,24). The average molecular weight is 378 g/mol. The molecule has 0 saturated carbocycles. The smallest absolute Gasteiger partial charge is 0.305 e. The Morgan fingerprint density at radius 2 is 2.19 bits per heavy atom. The van der Waals surface area contributed by atoms with Crippen LogP contribution < -0.4 is 10.1 Å². The van der Waals surface area contributed by atoms with Gasteiger partial charge in [0.2, 0.25) is 5.91 Å². The highest BCUT2D eigenvalue weighted by atomic mass is 32.2. The second-order valence-electron chi connectivity index (χ2n) is 5.89. The van der Waals surface area contributed by atoms with E-state index in [1.54, 1.807) is 6.21 Å². The summed E-state index contributed by atoms with van der Waals surface area (Å²) >= 11 is 1.06. The number of para-hydroxylation sites is 1. The number of nitrogens with zero attached hydrogens (tertiary/aromatic N) is 3. The molecule has 0 aliphatic carbocycles. The number of benzene rings is 1. The van der Waals surface area contributed by atoms with E-state index >= 15 is 0 Å². The Hall–Kier alpha value is -2.39. The van der Waals surface area contributed by atoms with Crippen molar-refractivity contribution < 1.29 is 19.4 Å². The van der Waals surface area contributed by atoms with Gasteiger partial charge in [0.15, 0.2) is 5.17 Å². The zero-order chi connectivity index (χ0) is 18.9. The van der Waals surface area contributed by atoms with Gasteiger partial charge in [-0.1, -0.05) is 23.9 Å². The number of ether oxygens (including phenoxy) is 1. The molecule has 0 aromatic heterocycles. The lowest BCUT2D eigenvalue weighted by Crippen LogP contribution is -2.26. The second-order valence-corrected chi connectivity index (χ2v) is 7.08. The molecule has 1 aliphatic rings. The number of hydrogen-bond donors (Lipinski definition) is 2. The Kier molecular flexibility index (Phi) is 7.61. The Bertz CT molecular complexity index is 706. The van der Waals surface area contributed by atoms with Crippen molar-refractivity contribution in [3.05, 3.63) is 29.8 Å². The molecule has 8 nitrogen and oxygen atoms in total. The molecule has 1 aliphatic heterocycles. The van der Waals surface area contributed by atoms with E-state index in [2.05, 4.69) is 20.4 Å². The molecule has 0 radical (unpaired) electrons. The van der Waals surface area contributed by atoms with Gasteiger partial charge < -0.3 is 20.1 Å². The van der Waals surface area contributed by atoms with Gasteiger partial charge in [-0.05, 0) is 32.6 Å². The molecule has 140 valence electrons. The fraction of sp³-hybridized carbons (Fsp3) is 0.412. The van der Waals surface area contributed by atoms with Gasteiger partial charge in [0.25, 0.3) is 0 Å². The topological polar surface area (TPSA) is 104 Å². The highest BCUT2D eigenvalue weighted by Crippen LogP contribution is 2.22. The maximum absolute atomic E-state index is 11.7. The van der Waals surface area contributed by atoms with E-state index in [4.69, 9.17) is 9.84 Å². The van der Waals surface area contributed by atoms with Gasteiger partial charge in [-0.2, -0.15) is 5.10 Å². The maximum atomic E-state index is 11.7. The van der Waals surface area contributed by atoms with E-state index in [1.165, 1.54) is 0 Å². The Balaban J connectivity index is 1.94. The lowest BCUT2D eigenvalue weighted by molar-refractivity contribution is -0.138. The molecule has 1 aromatic carbocycles. The first-order chi connectivity index (χ1) is 12.5. The molecular weight excluding hydrogens is 356 g/mol. The molecule has 1 unspecified atom stereocenters. The number of carboxylic acids is 1. The number of hydrogen-bond acceptors (Lipinski definition) is 7. The summed E-state index contributed by atoms with van der Waals surface area (Å²) in [6, 6.07) is 7.47. The van der Waals surface area contributed by atoms with Crippen LogP contribution in [-0.4, -0.2) is 65.8 Å². The van der Waals surface area contributed by atoms with Gasteiger partial charge in [0.1, 0.15) is 11.0 Å². The minimum atomic E-state index is -1.03. The summed E-state index contributed by atoms with van der Waals surface area (Å²) in [7, 11) is 4.03. The number of nitrogens with one attached hydrogen (secondary N) is 1. The highest BCUT2D eigenvalue weighted by Gasteiger charge is 2.32. The van der Waals surface area contributed by atoms with E-state index in [0.717, 1.165) is 30.3 Å². The van der Waals surface area contributed by atoms with Gasteiger partial charge in [-0.3, -0.25) is 9.59 Å². The van der Waals surface area contributed by atoms with Crippen molar-refractivity contribution in [2.45, 2.75) is 18.1 Å². The first-order valence-corrected chi connectivity index (χ1v) is 9.00. The number of carbonyl (C=O) groups is 2. The second kappa shape index (κ2) is 9.93. The Morgan fingerprint density at radius 1 is 1.42 bits per heavy atom. The van der Waals surface area contributed by atoms with Crippen molar-refractivity contribution in [2.75, 3.05) is 27.2 Å². The molecule has 0 spiro atoms. The molecule has 1 amide bonds. The van der Waals surface area contributed by atoms with Gasteiger partial charge in [-0.25, -0.2) is 0 Å². The third kappa shape index (κ3) is 6.49. The molecule has 9 heteroatoms. The lowest BCUT2D eigenvalue weighted by atomic mass is 10.2. The Morgan fingerprint density at radius 3 is 2.92 bits per heavy atom. The lowest BCUT2D eigenvalue weighted by Gasteiger charge is -2.11. The molecule has 1 heterocycles. The van der Waals surface area contributed by atoms with Gasteiger partial charge in [-0.15, -0.1) is 5.10 Å². The zero-order valence-corrected chi connectivity index (χ0v) is 15.5. The van der Waals surface area contributed by atoms with Gasteiger partial charge >= 0.3 is 5.97 Å². The van der Waals surface area contributed by atoms with Crippen LogP contribution in [0.15, 0.2) is 34.5 Å². The maximum Gasteiger partial charge on any atom is 0.305 e. The third-order valence-electron chi connectivity index (χ3n) is 3.41. The van der Waals surface area contributed by atoms with E-state index in [9.17, 15) is 9.59 Å². The zero-order valence-electron chi connectivity index (χ0n) is 14.7. The number of rotatable bonds is 9. The number of aliphatic carboxylic acids is 1. The van der Waals surface area contributed by atoms with Crippen LogP contribution in [0.5, 0.6) is 5.75 Å².